The average molecular weight is 360 g/mol. The summed E-state index contributed by atoms with van der Waals surface area (Å²) in [6, 6.07) is 23.8. The zero-order valence-corrected chi connectivity index (χ0v) is 15.9. The normalized spacial score (nSPS) is 10.7. The summed E-state index contributed by atoms with van der Waals surface area (Å²) in [6.07, 6.45) is -0.122. The third-order valence-electron chi connectivity index (χ3n) is 4.18. The molecule has 0 heterocycles. The van der Waals surface area contributed by atoms with Crippen molar-refractivity contribution in [3.05, 3.63) is 89.5 Å². The van der Waals surface area contributed by atoms with Crippen LogP contribution in [0.5, 0.6) is 5.75 Å². The third kappa shape index (κ3) is 5.20. The van der Waals surface area contributed by atoms with Gasteiger partial charge < -0.3 is 9.47 Å². The number of aryl methyl sites for hydroxylation is 1. The van der Waals surface area contributed by atoms with E-state index in [2.05, 4.69) is 43.3 Å². The first-order valence-electron chi connectivity index (χ1n) is 9.11. The van der Waals surface area contributed by atoms with E-state index in [0.717, 1.165) is 16.9 Å². The number of benzene rings is 3. The Bertz CT molecular complexity index is 876. The van der Waals surface area contributed by atoms with Gasteiger partial charge in [0.25, 0.3) is 0 Å². The summed E-state index contributed by atoms with van der Waals surface area (Å²) in [7, 11) is 0. The fourth-order valence-electron chi connectivity index (χ4n) is 2.68. The molecule has 0 N–H and O–H groups in total. The molecule has 0 saturated carbocycles. The highest BCUT2D eigenvalue weighted by Gasteiger charge is 2.08. The van der Waals surface area contributed by atoms with Crippen LogP contribution in [0, 0.1) is 6.92 Å². The molecule has 0 radical (unpaired) electrons. The van der Waals surface area contributed by atoms with Crippen LogP contribution in [-0.4, -0.2) is 12.1 Å². The molecule has 0 atom stereocenters. The zero-order valence-electron chi connectivity index (χ0n) is 15.9. The minimum Gasteiger partial charge on any atom is -0.489 e. The summed E-state index contributed by atoms with van der Waals surface area (Å²) in [4.78, 5) is 11.9. The molecule has 0 aromatic heterocycles. The van der Waals surface area contributed by atoms with Gasteiger partial charge in [-0.2, -0.15) is 0 Å². The predicted octanol–water partition coefficient (Wildman–Crippen LogP) is 5.81. The molecule has 0 fully saturated rings. The Balaban J connectivity index is 1.58. The summed E-state index contributed by atoms with van der Waals surface area (Å²) in [5, 5.41) is 0. The van der Waals surface area contributed by atoms with E-state index in [4.69, 9.17) is 9.47 Å². The SMILES string of the molecule is Cc1ccc(-c2ccc(OCc3ccc(C(=O)OC(C)C)cc3)cc2)cc1. The Kier molecular flexibility index (Phi) is 5.92. The van der Waals surface area contributed by atoms with Gasteiger partial charge in [0.15, 0.2) is 0 Å². The molecule has 27 heavy (non-hydrogen) atoms. The van der Waals surface area contributed by atoms with E-state index in [1.54, 1.807) is 12.1 Å². The fourth-order valence-corrected chi connectivity index (χ4v) is 2.68. The second-order valence-corrected chi connectivity index (χ2v) is 6.83. The number of esters is 1. The maximum Gasteiger partial charge on any atom is 0.338 e. The molecule has 3 rings (SSSR count). The van der Waals surface area contributed by atoms with Crippen molar-refractivity contribution in [2.45, 2.75) is 33.5 Å². The van der Waals surface area contributed by atoms with Gasteiger partial charge in [-0.1, -0.05) is 54.1 Å². The first-order chi connectivity index (χ1) is 13.0. The minimum absolute atomic E-state index is 0.122. The molecular weight excluding hydrogens is 336 g/mol. The molecule has 0 aliphatic heterocycles. The summed E-state index contributed by atoms with van der Waals surface area (Å²) in [5.74, 6) is 0.512. The van der Waals surface area contributed by atoms with Crippen LogP contribution in [0.2, 0.25) is 0 Å². The number of hydrogen-bond donors (Lipinski definition) is 0. The van der Waals surface area contributed by atoms with Crippen LogP contribution < -0.4 is 4.74 Å². The number of ether oxygens (including phenoxy) is 2. The molecule has 3 aromatic carbocycles. The van der Waals surface area contributed by atoms with Crippen LogP contribution in [0.3, 0.4) is 0 Å². The molecule has 0 aliphatic rings. The van der Waals surface area contributed by atoms with Crippen molar-refractivity contribution in [2.75, 3.05) is 0 Å². The van der Waals surface area contributed by atoms with Gasteiger partial charge in [0.05, 0.1) is 11.7 Å². The lowest BCUT2D eigenvalue weighted by Gasteiger charge is -2.10. The van der Waals surface area contributed by atoms with Crippen molar-refractivity contribution in [3.63, 3.8) is 0 Å². The van der Waals surface area contributed by atoms with Gasteiger partial charge in [0.2, 0.25) is 0 Å². The van der Waals surface area contributed by atoms with E-state index in [-0.39, 0.29) is 12.1 Å². The highest BCUT2D eigenvalue weighted by atomic mass is 16.5. The Labute approximate surface area is 160 Å². The van der Waals surface area contributed by atoms with E-state index in [0.29, 0.717) is 12.2 Å². The van der Waals surface area contributed by atoms with Crippen molar-refractivity contribution < 1.29 is 14.3 Å². The first-order valence-corrected chi connectivity index (χ1v) is 9.11. The first kappa shape index (κ1) is 18.7. The largest absolute Gasteiger partial charge is 0.489 e. The van der Waals surface area contributed by atoms with E-state index in [1.807, 2.05) is 38.1 Å². The summed E-state index contributed by atoms with van der Waals surface area (Å²) >= 11 is 0. The second-order valence-electron chi connectivity index (χ2n) is 6.83. The molecule has 0 saturated heterocycles. The molecule has 0 bridgehead atoms. The van der Waals surface area contributed by atoms with E-state index in [9.17, 15) is 4.79 Å². The van der Waals surface area contributed by atoms with Gasteiger partial charge in [0, 0.05) is 0 Å². The number of rotatable bonds is 6. The van der Waals surface area contributed by atoms with Crippen LogP contribution in [-0.2, 0) is 11.3 Å². The Morgan fingerprint density at radius 2 is 1.37 bits per heavy atom. The Morgan fingerprint density at radius 3 is 1.93 bits per heavy atom. The smallest absolute Gasteiger partial charge is 0.338 e. The lowest BCUT2D eigenvalue weighted by Crippen LogP contribution is -2.11. The van der Waals surface area contributed by atoms with E-state index >= 15 is 0 Å². The highest BCUT2D eigenvalue weighted by Crippen LogP contribution is 2.23. The van der Waals surface area contributed by atoms with Crippen LogP contribution in [0.4, 0.5) is 0 Å². The topological polar surface area (TPSA) is 35.5 Å². The van der Waals surface area contributed by atoms with Crippen molar-refractivity contribution in [1.82, 2.24) is 0 Å². The minimum atomic E-state index is -0.302. The van der Waals surface area contributed by atoms with E-state index in [1.165, 1.54) is 11.1 Å². The van der Waals surface area contributed by atoms with Gasteiger partial charge in [-0.15, -0.1) is 0 Å². The van der Waals surface area contributed by atoms with Crippen molar-refractivity contribution in [3.8, 4) is 16.9 Å². The molecule has 3 heteroatoms. The molecule has 0 amide bonds. The Hall–Kier alpha value is -3.07. The quantitative estimate of drug-likeness (QED) is 0.521. The van der Waals surface area contributed by atoms with Gasteiger partial charge >= 0.3 is 5.97 Å². The molecule has 0 spiro atoms. The van der Waals surface area contributed by atoms with Crippen molar-refractivity contribution >= 4 is 5.97 Å². The predicted molar refractivity (Wildman–Crippen MR) is 108 cm³/mol. The summed E-state index contributed by atoms with van der Waals surface area (Å²) < 4.78 is 11.0. The molecule has 0 unspecified atom stereocenters. The molecule has 138 valence electrons. The van der Waals surface area contributed by atoms with Gasteiger partial charge in [-0.25, -0.2) is 4.79 Å². The van der Waals surface area contributed by atoms with Crippen LogP contribution >= 0.6 is 0 Å². The molecule has 3 aromatic rings. The van der Waals surface area contributed by atoms with Crippen LogP contribution in [0.15, 0.2) is 72.8 Å². The van der Waals surface area contributed by atoms with E-state index < -0.39 is 0 Å². The molecular formula is C24H24O3. The maximum atomic E-state index is 11.9. The average Bonchev–Trinajstić information content (AvgIpc) is 2.67. The highest BCUT2D eigenvalue weighted by molar-refractivity contribution is 5.89. The maximum absolute atomic E-state index is 11.9. The van der Waals surface area contributed by atoms with Gasteiger partial charge in [-0.3, -0.25) is 0 Å². The van der Waals surface area contributed by atoms with Crippen LogP contribution in [0.1, 0.15) is 35.3 Å². The van der Waals surface area contributed by atoms with Gasteiger partial charge in [-0.05, 0) is 61.7 Å². The number of carbonyl (C=O) groups is 1. The summed E-state index contributed by atoms with van der Waals surface area (Å²) in [6.45, 7) is 6.21. The number of hydrogen-bond acceptors (Lipinski definition) is 3. The third-order valence-corrected chi connectivity index (χ3v) is 4.18. The fraction of sp³-hybridized carbons (Fsp3) is 0.208. The van der Waals surface area contributed by atoms with Gasteiger partial charge in [0.1, 0.15) is 12.4 Å². The number of carbonyl (C=O) groups excluding carboxylic acids is 1. The Morgan fingerprint density at radius 1 is 0.815 bits per heavy atom. The van der Waals surface area contributed by atoms with Crippen molar-refractivity contribution in [1.29, 1.82) is 0 Å². The standard InChI is InChI=1S/C24H24O3/c1-17(2)27-24(25)22-10-6-19(7-11-22)16-26-23-14-12-21(13-15-23)20-8-4-18(3)5-9-20/h4-15,17H,16H2,1-3H3. The lowest BCUT2D eigenvalue weighted by molar-refractivity contribution is 0.0378. The molecule has 3 nitrogen and oxygen atoms in total. The lowest BCUT2D eigenvalue weighted by atomic mass is 10.0. The monoisotopic (exact) mass is 360 g/mol. The summed E-state index contributed by atoms with van der Waals surface area (Å²) in [5.41, 5.74) is 5.15. The van der Waals surface area contributed by atoms with Crippen LogP contribution in [0.25, 0.3) is 11.1 Å². The zero-order chi connectivity index (χ0) is 19.2. The molecule has 0 aliphatic carbocycles. The van der Waals surface area contributed by atoms with Crippen molar-refractivity contribution in [2.24, 2.45) is 0 Å². The second kappa shape index (κ2) is 8.54.